The van der Waals surface area contributed by atoms with Crippen LogP contribution in [0.2, 0.25) is 0 Å². The first-order chi connectivity index (χ1) is 6.58. The van der Waals surface area contributed by atoms with Gasteiger partial charge >= 0.3 is 0 Å². The zero-order valence-electron chi connectivity index (χ0n) is 10.0. The number of rotatable bonds is 5. The fourth-order valence-corrected chi connectivity index (χ4v) is 1.99. The van der Waals surface area contributed by atoms with Crippen LogP contribution in [0.5, 0.6) is 0 Å². The fraction of sp³-hybridized carbons (Fsp3) is 1.00. The van der Waals surface area contributed by atoms with Gasteiger partial charge in [-0.2, -0.15) is 0 Å². The number of nitrogens with one attached hydrogen (secondary N) is 2. The van der Waals surface area contributed by atoms with E-state index in [0.29, 0.717) is 0 Å². The van der Waals surface area contributed by atoms with Crippen LogP contribution in [0.25, 0.3) is 0 Å². The lowest BCUT2D eigenvalue weighted by Crippen LogP contribution is -2.38. The first kappa shape index (κ1) is 12.0. The molecule has 0 atom stereocenters. The van der Waals surface area contributed by atoms with E-state index in [0.717, 1.165) is 12.6 Å². The van der Waals surface area contributed by atoms with Gasteiger partial charge in [-0.3, -0.25) is 0 Å². The largest absolute Gasteiger partial charge is 0.314 e. The van der Waals surface area contributed by atoms with Crippen molar-refractivity contribution < 1.29 is 0 Å². The van der Waals surface area contributed by atoms with Gasteiger partial charge in [-0.1, -0.05) is 12.8 Å². The average Bonchev–Trinajstić information content (AvgIpc) is 2.54. The summed E-state index contributed by atoms with van der Waals surface area (Å²) in [4.78, 5) is 0. The molecule has 0 saturated heterocycles. The number of hydrogen-bond donors (Lipinski definition) is 2. The van der Waals surface area contributed by atoms with Crippen LogP contribution in [0.3, 0.4) is 0 Å². The molecule has 0 aliphatic heterocycles. The van der Waals surface area contributed by atoms with Crippen molar-refractivity contribution in [3.05, 3.63) is 0 Å². The van der Waals surface area contributed by atoms with Gasteiger partial charge in [0.05, 0.1) is 0 Å². The van der Waals surface area contributed by atoms with Crippen molar-refractivity contribution in [3.8, 4) is 0 Å². The van der Waals surface area contributed by atoms with E-state index in [1.54, 1.807) is 0 Å². The summed E-state index contributed by atoms with van der Waals surface area (Å²) in [6.07, 6.45) is 6.89. The quantitative estimate of drug-likeness (QED) is 0.662. The topological polar surface area (TPSA) is 24.1 Å². The summed E-state index contributed by atoms with van der Waals surface area (Å²) in [6.45, 7) is 8.96. The molecule has 2 nitrogen and oxygen atoms in total. The molecule has 2 N–H and O–H groups in total. The SMILES string of the molecule is CC(C)(C)NCCCNC1CCCC1. The first-order valence-corrected chi connectivity index (χ1v) is 6.06. The molecule has 0 radical (unpaired) electrons. The minimum absolute atomic E-state index is 0.271. The Morgan fingerprint density at radius 3 is 2.29 bits per heavy atom. The van der Waals surface area contributed by atoms with Gasteiger partial charge in [0, 0.05) is 11.6 Å². The smallest absolute Gasteiger partial charge is 0.00965 e. The Hall–Kier alpha value is -0.0800. The van der Waals surface area contributed by atoms with Gasteiger partial charge in [0.15, 0.2) is 0 Å². The Bertz CT molecular complexity index is 143. The van der Waals surface area contributed by atoms with Crippen molar-refractivity contribution in [1.29, 1.82) is 0 Å². The van der Waals surface area contributed by atoms with Crippen LogP contribution in [0.4, 0.5) is 0 Å². The zero-order valence-corrected chi connectivity index (χ0v) is 10.0. The molecule has 1 aliphatic rings. The maximum atomic E-state index is 3.63. The van der Waals surface area contributed by atoms with E-state index in [1.165, 1.54) is 38.6 Å². The molecule has 0 bridgehead atoms. The molecule has 0 amide bonds. The highest BCUT2D eigenvalue weighted by Gasteiger charge is 2.13. The van der Waals surface area contributed by atoms with Crippen LogP contribution < -0.4 is 10.6 Å². The number of hydrogen-bond acceptors (Lipinski definition) is 2. The molecule has 1 saturated carbocycles. The van der Waals surface area contributed by atoms with Gasteiger partial charge in [-0.05, 0) is 53.1 Å². The second-order valence-corrected chi connectivity index (χ2v) is 5.47. The Morgan fingerprint density at radius 2 is 1.71 bits per heavy atom. The molecule has 84 valence electrons. The van der Waals surface area contributed by atoms with Gasteiger partial charge in [-0.25, -0.2) is 0 Å². The van der Waals surface area contributed by atoms with Crippen molar-refractivity contribution in [2.24, 2.45) is 0 Å². The van der Waals surface area contributed by atoms with Gasteiger partial charge in [0.25, 0.3) is 0 Å². The summed E-state index contributed by atoms with van der Waals surface area (Å²) in [5.41, 5.74) is 0.271. The van der Waals surface area contributed by atoms with Gasteiger partial charge in [0.1, 0.15) is 0 Å². The highest BCUT2D eigenvalue weighted by Crippen LogP contribution is 2.17. The lowest BCUT2D eigenvalue weighted by molar-refractivity contribution is 0.412. The van der Waals surface area contributed by atoms with E-state index < -0.39 is 0 Å². The van der Waals surface area contributed by atoms with Crippen molar-refractivity contribution in [2.45, 2.75) is 64.5 Å². The van der Waals surface area contributed by atoms with Crippen LogP contribution in [-0.4, -0.2) is 24.7 Å². The van der Waals surface area contributed by atoms with E-state index in [-0.39, 0.29) is 5.54 Å². The second kappa shape index (κ2) is 5.72. The Kier molecular flexibility index (Phi) is 4.90. The average molecular weight is 198 g/mol. The third kappa shape index (κ3) is 5.61. The Morgan fingerprint density at radius 1 is 1.07 bits per heavy atom. The molecule has 1 fully saturated rings. The lowest BCUT2D eigenvalue weighted by Gasteiger charge is -2.20. The summed E-state index contributed by atoms with van der Waals surface area (Å²) in [6, 6.07) is 0.824. The predicted octanol–water partition coefficient (Wildman–Crippen LogP) is 2.30. The van der Waals surface area contributed by atoms with Gasteiger partial charge in [-0.15, -0.1) is 0 Å². The van der Waals surface area contributed by atoms with Gasteiger partial charge in [0.2, 0.25) is 0 Å². The van der Waals surface area contributed by atoms with E-state index >= 15 is 0 Å². The van der Waals surface area contributed by atoms with Gasteiger partial charge < -0.3 is 10.6 Å². The van der Waals surface area contributed by atoms with Crippen molar-refractivity contribution in [2.75, 3.05) is 13.1 Å². The third-order valence-electron chi connectivity index (χ3n) is 2.80. The molecular weight excluding hydrogens is 172 g/mol. The van der Waals surface area contributed by atoms with Crippen molar-refractivity contribution >= 4 is 0 Å². The third-order valence-corrected chi connectivity index (χ3v) is 2.80. The maximum absolute atomic E-state index is 3.63. The second-order valence-electron chi connectivity index (χ2n) is 5.47. The molecule has 0 aromatic heterocycles. The van der Waals surface area contributed by atoms with Crippen LogP contribution in [0.15, 0.2) is 0 Å². The van der Waals surface area contributed by atoms with Crippen LogP contribution in [0.1, 0.15) is 52.9 Å². The molecule has 1 rings (SSSR count). The summed E-state index contributed by atoms with van der Waals surface area (Å²) in [7, 11) is 0. The molecule has 1 aliphatic carbocycles. The Labute approximate surface area is 88.8 Å². The monoisotopic (exact) mass is 198 g/mol. The van der Waals surface area contributed by atoms with Crippen molar-refractivity contribution in [1.82, 2.24) is 10.6 Å². The minimum Gasteiger partial charge on any atom is -0.314 e. The first-order valence-electron chi connectivity index (χ1n) is 6.06. The lowest BCUT2D eigenvalue weighted by atomic mass is 10.1. The molecule has 2 heteroatoms. The summed E-state index contributed by atoms with van der Waals surface area (Å²) >= 11 is 0. The zero-order chi connectivity index (χ0) is 10.4. The molecule has 14 heavy (non-hydrogen) atoms. The highest BCUT2D eigenvalue weighted by molar-refractivity contribution is 4.74. The fourth-order valence-electron chi connectivity index (χ4n) is 1.99. The highest BCUT2D eigenvalue weighted by atomic mass is 15.0. The Balaban J connectivity index is 1.89. The van der Waals surface area contributed by atoms with Crippen LogP contribution in [0, 0.1) is 0 Å². The molecule has 0 aromatic rings. The summed E-state index contributed by atoms with van der Waals surface area (Å²) in [5.74, 6) is 0. The minimum atomic E-state index is 0.271. The van der Waals surface area contributed by atoms with E-state index in [1.807, 2.05) is 0 Å². The molecule has 0 heterocycles. The molecule has 0 spiro atoms. The standard InChI is InChI=1S/C12H26N2/c1-12(2,3)14-10-6-9-13-11-7-4-5-8-11/h11,13-14H,4-10H2,1-3H3. The van der Waals surface area contributed by atoms with E-state index in [2.05, 4.69) is 31.4 Å². The molecular formula is C12H26N2. The van der Waals surface area contributed by atoms with Crippen molar-refractivity contribution in [3.63, 3.8) is 0 Å². The summed E-state index contributed by atoms with van der Waals surface area (Å²) < 4.78 is 0. The predicted molar refractivity (Wildman–Crippen MR) is 62.6 cm³/mol. The summed E-state index contributed by atoms with van der Waals surface area (Å²) in [5, 5.41) is 7.14. The normalized spacial score (nSPS) is 19.1. The van der Waals surface area contributed by atoms with Crippen LogP contribution >= 0.6 is 0 Å². The van der Waals surface area contributed by atoms with Crippen LogP contribution in [-0.2, 0) is 0 Å². The van der Waals surface area contributed by atoms with E-state index in [4.69, 9.17) is 0 Å². The molecule has 0 unspecified atom stereocenters. The van der Waals surface area contributed by atoms with E-state index in [9.17, 15) is 0 Å². The maximum Gasteiger partial charge on any atom is 0.00965 e. The molecule has 0 aromatic carbocycles.